The van der Waals surface area contributed by atoms with Crippen LogP contribution in [0, 0.1) is 17.8 Å². The van der Waals surface area contributed by atoms with Crippen LogP contribution in [0.15, 0.2) is 16.6 Å². The van der Waals surface area contributed by atoms with Gasteiger partial charge in [0.05, 0.1) is 11.1 Å². The van der Waals surface area contributed by atoms with Crippen molar-refractivity contribution >= 4 is 15.9 Å². The minimum absolute atomic E-state index is 0.0926. The molecular weight excluding hydrogens is 316 g/mol. The third-order valence-electron chi connectivity index (χ3n) is 5.96. The van der Waals surface area contributed by atoms with Gasteiger partial charge in [0.25, 0.3) is 0 Å². The van der Waals surface area contributed by atoms with E-state index in [0.29, 0.717) is 11.0 Å². The van der Waals surface area contributed by atoms with Gasteiger partial charge in [-0.3, -0.25) is 0 Å². The lowest BCUT2D eigenvalue weighted by atomic mass is 9.48. The largest absolute Gasteiger partial charge is 0.506 e. The Bertz CT molecular complexity index is 517. The highest BCUT2D eigenvalue weighted by molar-refractivity contribution is 9.10. The number of hydrogen-bond donors (Lipinski definition) is 2. The van der Waals surface area contributed by atoms with Crippen molar-refractivity contribution in [1.82, 2.24) is 0 Å². The summed E-state index contributed by atoms with van der Waals surface area (Å²) < 4.78 is 0.731. The standard InChI is InChI=1S/C17H21BrO2/c18-15-5-14(4-13(9-19)16(15)20)17-6-10-1-11(7-17)3-12(2-10)8-17/h4-5,10-12,19-20H,1-3,6-9H2. The second kappa shape index (κ2) is 4.48. The van der Waals surface area contributed by atoms with Gasteiger partial charge in [-0.25, -0.2) is 0 Å². The molecule has 4 fully saturated rings. The van der Waals surface area contributed by atoms with Crippen LogP contribution >= 0.6 is 15.9 Å². The maximum absolute atomic E-state index is 10.00. The average molecular weight is 337 g/mol. The van der Waals surface area contributed by atoms with Crippen LogP contribution < -0.4 is 0 Å². The molecule has 2 nitrogen and oxygen atoms in total. The van der Waals surface area contributed by atoms with Gasteiger partial charge in [0.2, 0.25) is 0 Å². The molecule has 0 aromatic heterocycles. The lowest BCUT2D eigenvalue weighted by Gasteiger charge is -2.57. The molecule has 0 heterocycles. The molecule has 1 aromatic rings. The maximum Gasteiger partial charge on any atom is 0.135 e. The first-order valence-corrected chi connectivity index (χ1v) is 8.51. The lowest BCUT2D eigenvalue weighted by Crippen LogP contribution is -2.48. The maximum atomic E-state index is 10.00. The molecule has 4 aliphatic rings. The Morgan fingerprint density at radius 3 is 2.10 bits per heavy atom. The Kier molecular flexibility index (Phi) is 2.94. The van der Waals surface area contributed by atoms with Crippen LogP contribution in [0.5, 0.6) is 5.75 Å². The van der Waals surface area contributed by atoms with Crippen molar-refractivity contribution in [1.29, 1.82) is 0 Å². The monoisotopic (exact) mass is 336 g/mol. The Morgan fingerprint density at radius 2 is 1.60 bits per heavy atom. The number of aromatic hydroxyl groups is 1. The smallest absolute Gasteiger partial charge is 0.135 e. The molecule has 2 N–H and O–H groups in total. The third-order valence-corrected chi connectivity index (χ3v) is 6.57. The molecule has 0 spiro atoms. The molecule has 4 aliphatic carbocycles. The summed E-state index contributed by atoms with van der Waals surface area (Å²) in [6.07, 6.45) is 8.23. The Labute approximate surface area is 128 Å². The predicted octanol–water partition coefficient (Wildman–Crippen LogP) is 4.11. The van der Waals surface area contributed by atoms with E-state index in [-0.39, 0.29) is 12.4 Å². The van der Waals surface area contributed by atoms with Gasteiger partial charge in [0, 0.05) is 5.56 Å². The molecule has 4 bridgehead atoms. The summed E-state index contributed by atoms with van der Waals surface area (Å²) in [5, 5.41) is 19.5. The van der Waals surface area contributed by atoms with Crippen LogP contribution in [0.2, 0.25) is 0 Å². The van der Waals surface area contributed by atoms with E-state index < -0.39 is 0 Å². The molecular formula is C17H21BrO2. The molecule has 3 heteroatoms. The van der Waals surface area contributed by atoms with Crippen molar-refractivity contribution in [2.75, 3.05) is 0 Å². The highest BCUT2D eigenvalue weighted by Crippen LogP contribution is 2.61. The Hall–Kier alpha value is -0.540. The fraction of sp³-hybridized carbons (Fsp3) is 0.647. The zero-order valence-electron chi connectivity index (χ0n) is 11.6. The van der Waals surface area contributed by atoms with Crippen LogP contribution in [0.1, 0.15) is 49.7 Å². The van der Waals surface area contributed by atoms with Gasteiger partial charge >= 0.3 is 0 Å². The van der Waals surface area contributed by atoms with E-state index in [0.717, 1.165) is 22.2 Å². The number of rotatable bonds is 2. The van der Waals surface area contributed by atoms with Crippen LogP contribution in [-0.2, 0) is 12.0 Å². The van der Waals surface area contributed by atoms with Gasteiger partial charge in [-0.2, -0.15) is 0 Å². The van der Waals surface area contributed by atoms with E-state index in [4.69, 9.17) is 0 Å². The first-order chi connectivity index (χ1) is 9.59. The summed E-state index contributed by atoms with van der Waals surface area (Å²) in [5.74, 6) is 2.92. The molecule has 1 aromatic carbocycles. The molecule has 5 rings (SSSR count). The van der Waals surface area contributed by atoms with Crippen LogP contribution in [0.4, 0.5) is 0 Å². The highest BCUT2D eigenvalue weighted by Gasteiger charge is 2.51. The van der Waals surface area contributed by atoms with Crippen LogP contribution in [-0.4, -0.2) is 10.2 Å². The Balaban J connectivity index is 1.79. The van der Waals surface area contributed by atoms with Crippen molar-refractivity contribution in [3.05, 3.63) is 27.7 Å². The van der Waals surface area contributed by atoms with Gasteiger partial charge in [-0.05, 0) is 95.3 Å². The second-order valence-corrected chi connectivity index (χ2v) is 8.18. The highest BCUT2D eigenvalue weighted by atomic mass is 79.9. The first kappa shape index (κ1) is 13.1. The Morgan fingerprint density at radius 1 is 1.05 bits per heavy atom. The van der Waals surface area contributed by atoms with Gasteiger partial charge in [0.1, 0.15) is 5.75 Å². The number of benzene rings is 1. The van der Waals surface area contributed by atoms with Crippen molar-refractivity contribution in [2.24, 2.45) is 17.8 Å². The molecule has 0 atom stereocenters. The average Bonchev–Trinajstić information content (AvgIpc) is 2.40. The summed E-state index contributed by atoms with van der Waals surface area (Å²) in [6.45, 7) is -0.0926. The molecule has 20 heavy (non-hydrogen) atoms. The fourth-order valence-corrected chi connectivity index (χ4v) is 6.05. The van der Waals surface area contributed by atoms with E-state index >= 15 is 0 Å². The van der Waals surface area contributed by atoms with Gasteiger partial charge < -0.3 is 10.2 Å². The molecule has 108 valence electrons. The zero-order valence-corrected chi connectivity index (χ0v) is 13.2. The summed E-state index contributed by atoms with van der Waals surface area (Å²) in [6, 6.07) is 4.15. The molecule has 0 amide bonds. The molecule has 0 unspecified atom stereocenters. The summed E-state index contributed by atoms with van der Waals surface area (Å²) in [7, 11) is 0. The van der Waals surface area contributed by atoms with E-state index in [9.17, 15) is 10.2 Å². The first-order valence-electron chi connectivity index (χ1n) is 7.72. The van der Waals surface area contributed by atoms with E-state index in [1.807, 2.05) is 6.07 Å². The number of phenols is 1. The molecule has 0 aliphatic heterocycles. The fourth-order valence-electron chi connectivity index (χ4n) is 5.55. The summed E-state index contributed by atoms with van der Waals surface area (Å²) >= 11 is 3.46. The minimum atomic E-state index is -0.0926. The number of aliphatic hydroxyl groups excluding tert-OH is 1. The molecule has 0 saturated heterocycles. The number of halogens is 1. The van der Waals surface area contributed by atoms with Crippen molar-refractivity contribution < 1.29 is 10.2 Å². The summed E-state index contributed by atoms with van der Waals surface area (Å²) in [5.41, 5.74) is 2.31. The van der Waals surface area contributed by atoms with E-state index in [1.165, 1.54) is 44.1 Å². The zero-order chi connectivity index (χ0) is 13.9. The molecule has 4 saturated carbocycles. The van der Waals surface area contributed by atoms with Crippen LogP contribution in [0.25, 0.3) is 0 Å². The minimum Gasteiger partial charge on any atom is -0.506 e. The molecule has 0 radical (unpaired) electrons. The number of aliphatic hydroxyl groups is 1. The predicted molar refractivity (Wildman–Crippen MR) is 81.6 cm³/mol. The normalized spacial score (nSPS) is 38.4. The van der Waals surface area contributed by atoms with Gasteiger partial charge in [-0.1, -0.05) is 0 Å². The third kappa shape index (κ3) is 1.86. The van der Waals surface area contributed by atoms with Crippen molar-refractivity contribution in [3.63, 3.8) is 0 Å². The van der Waals surface area contributed by atoms with E-state index in [1.54, 1.807) is 0 Å². The van der Waals surface area contributed by atoms with Gasteiger partial charge in [-0.15, -0.1) is 0 Å². The topological polar surface area (TPSA) is 40.5 Å². The van der Waals surface area contributed by atoms with E-state index in [2.05, 4.69) is 22.0 Å². The van der Waals surface area contributed by atoms with Crippen molar-refractivity contribution in [2.45, 2.75) is 50.5 Å². The number of hydrogen-bond acceptors (Lipinski definition) is 2. The summed E-state index contributed by atoms with van der Waals surface area (Å²) in [4.78, 5) is 0. The second-order valence-electron chi connectivity index (χ2n) is 7.32. The quantitative estimate of drug-likeness (QED) is 0.852. The SMILES string of the molecule is OCc1cc(C23CC4CC(CC(C4)C2)C3)cc(Br)c1O. The van der Waals surface area contributed by atoms with Crippen molar-refractivity contribution in [3.8, 4) is 5.75 Å². The lowest BCUT2D eigenvalue weighted by molar-refractivity contribution is -0.00529. The van der Waals surface area contributed by atoms with Gasteiger partial charge in [0.15, 0.2) is 0 Å². The van der Waals surface area contributed by atoms with Crippen LogP contribution in [0.3, 0.4) is 0 Å².